The summed E-state index contributed by atoms with van der Waals surface area (Å²) in [4.78, 5) is 37.1. The van der Waals surface area contributed by atoms with E-state index in [0.29, 0.717) is 45.0 Å². The van der Waals surface area contributed by atoms with E-state index in [-0.39, 0.29) is 11.1 Å². The lowest BCUT2D eigenvalue weighted by molar-refractivity contribution is 0.0926. The highest BCUT2D eigenvalue weighted by atomic mass is 16.2. The van der Waals surface area contributed by atoms with Crippen LogP contribution in [0.25, 0.3) is 70.6 Å². The zero-order chi connectivity index (χ0) is 38.5. The lowest BCUT2D eigenvalue weighted by atomic mass is 9.99. The van der Waals surface area contributed by atoms with Crippen LogP contribution in [0.3, 0.4) is 0 Å². The largest absolute Gasteiger partial charge is 0.308 e. The first-order chi connectivity index (χ1) is 27.4. The molecule has 7 aromatic carbocycles. The van der Waals surface area contributed by atoms with Gasteiger partial charge in [-0.1, -0.05) is 91.0 Å². The van der Waals surface area contributed by atoms with Crippen LogP contribution in [0.4, 0.5) is 17.1 Å². The Balaban J connectivity index is 1.27. The standard InChI is InChI=1S/C48H24N6O2/c1-51-37-22-36(23-38(26-37)52-2)34-14-18-41-40-17-13-33(35-20-29(27-49)19-30(21-35)28-50)24-44(40)54(45(41)25-34)43-10-6-9-42-46(43)48(56)53(47(42)55)39-15-11-32(12-16-39)31-7-4-3-5-8-31/h3-26H. The summed E-state index contributed by atoms with van der Waals surface area (Å²) in [6, 6.07) is 48.6. The van der Waals surface area contributed by atoms with Crippen LogP contribution in [0.15, 0.2) is 146 Å². The predicted octanol–water partition coefficient (Wildman–Crippen LogP) is 11.4. The Hall–Kier alpha value is -8.56. The van der Waals surface area contributed by atoms with Gasteiger partial charge in [-0.25, -0.2) is 14.6 Å². The van der Waals surface area contributed by atoms with Crippen molar-refractivity contribution in [3.63, 3.8) is 0 Å². The summed E-state index contributed by atoms with van der Waals surface area (Å²) >= 11 is 0. The lowest BCUT2D eigenvalue weighted by Gasteiger charge is -2.16. The monoisotopic (exact) mass is 716 g/mol. The Morgan fingerprint density at radius 2 is 1.05 bits per heavy atom. The number of imide groups is 1. The number of rotatable bonds is 5. The SMILES string of the molecule is [C-]#[N+]c1cc([N+]#[C-])cc(-c2ccc3c4ccc(-c5cc(C#N)cc(C#N)c5)cc4n(-c4cccc5c4C(=O)N(c4ccc(-c6ccccc6)cc4)C5=O)c3c2)c1. The third-order valence-electron chi connectivity index (χ3n) is 10.2. The molecule has 0 aliphatic carbocycles. The fourth-order valence-corrected chi connectivity index (χ4v) is 7.57. The molecular formula is C48H24N6O2. The molecule has 0 N–H and O–H groups in total. The molecule has 1 aromatic heterocycles. The number of benzene rings is 7. The second-order valence-electron chi connectivity index (χ2n) is 13.3. The third-order valence-corrected chi connectivity index (χ3v) is 10.2. The quantitative estimate of drug-likeness (QED) is 0.131. The number of hydrogen-bond donors (Lipinski definition) is 0. The number of nitrogens with zero attached hydrogens (tertiary/aromatic N) is 6. The van der Waals surface area contributed by atoms with E-state index in [1.807, 2.05) is 89.5 Å². The number of fused-ring (bicyclic) bond motifs is 4. The van der Waals surface area contributed by atoms with Gasteiger partial charge in [-0.05, 0) is 88.0 Å². The van der Waals surface area contributed by atoms with Crippen molar-refractivity contribution in [3.05, 3.63) is 191 Å². The maximum atomic E-state index is 14.6. The van der Waals surface area contributed by atoms with Crippen LogP contribution in [0, 0.1) is 35.8 Å². The molecule has 0 saturated heterocycles. The normalized spacial score (nSPS) is 11.9. The molecule has 0 unspecified atom stereocenters. The molecule has 8 heteroatoms. The number of nitriles is 2. The molecular weight excluding hydrogens is 693 g/mol. The second kappa shape index (κ2) is 13.1. The van der Waals surface area contributed by atoms with Crippen LogP contribution >= 0.6 is 0 Å². The Kier molecular flexibility index (Phi) is 7.81. The number of carbonyl (C=O) groups is 2. The van der Waals surface area contributed by atoms with Crippen molar-refractivity contribution in [2.24, 2.45) is 0 Å². The average molecular weight is 717 g/mol. The van der Waals surface area contributed by atoms with Crippen molar-refractivity contribution < 1.29 is 9.59 Å². The van der Waals surface area contributed by atoms with E-state index in [1.165, 1.54) is 4.90 Å². The smallest absolute Gasteiger partial charge is 0.268 e. The van der Waals surface area contributed by atoms with Gasteiger partial charge in [-0.2, -0.15) is 10.5 Å². The number of aromatic nitrogens is 1. The molecule has 2 amide bonds. The average Bonchev–Trinajstić information content (AvgIpc) is 3.72. The number of hydrogen-bond acceptors (Lipinski definition) is 4. The van der Waals surface area contributed by atoms with Crippen LogP contribution in [-0.4, -0.2) is 16.4 Å². The van der Waals surface area contributed by atoms with Crippen molar-refractivity contribution in [3.8, 4) is 51.2 Å². The van der Waals surface area contributed by atoms with E-state index in [2.05, 4.69) is 21.8 Å². The molecule has 0 fully saturated rings. The molecule has 0 saturated carbocycles. The van der Waals surface area contributed by atoms with Crippen molar-refractivity contribution in [1.82, 2.24) is 4.57 Å². The summed E-state index contributed by atoms with van der Waals surface area (Å²) in [6.07, 6.45) is 0. The minimum absolute atomic E-state index is 0.253. The van der Waals surface area contributed by atoms with Crippen LogP contribution in [0.5, 0.6) is 0 Å². The van der Waals surface area contributed by atoms with Crippen LogP contribution in [-0.2, 0) is 0 Å². The molecule has 258 valence electrons. The molecule has 9 rings (SSSR count). The zero-order valence-electron chi connectivity index (χ0n) is 29.4. The number of anilines is 1. The Morgan fingerprint density at radius 3 is 1.62 bits per heavy atom. The first kappa shape index (κ1) is 33.3. The molecule has 1 aliphatic rings. The van der Waals surface area contributed by atoms with Gasteiger partial charge in [-0.3, -0.25) is 9.59 Å². The van der Waals surface area contributed by atoms with Crippen molar-refractivity contribution in [2.45, 2.75) is 0 Å². The summed E-state index contributed by atoms with van der Waals surface area (Å²) in [7, 11) is 0. The summed E-state index contributed by atoms with van der Waals surface area (Å²) in [5.41, 5.74) is 9.18. The highest BCUT2D eigenvalue weighted by Crippen LogP contribution is 2.41. The molecule has 0 radical (unpaired) electrons. The van der Waals surface area contributed by atoms with E-state index < -0.39 is 11.8 Å². The number of amides is 2. The van der Waals surface area contributed by atoms with Gasteiger partial charge >= 0.3 is 0 Å². The fourth-order valence-electron chi connectivity index (χ4n) is 7.57. The van der Waals surface area contributed by atoms with Crippen LogP contribution < -0.4 is 4.90 Å². The van der Waals surface area contributed by atoms with Gasteiger partial charge in [0.15, 0.2) is 11.4 Å². The number of carbonyl (C=O) groups excluding carboxylic acids is 2. The molecule has 56 heavy (non-hydrogen) atoms. The van der Waals surface area contributed by atoms with E-state index in [9.17, 15) is 20.1 Å². The van der Waals surface area contributed by atoms with Crippen molar-refractivity contribution >= 4 is 50.7 Å². The van der Waals surface area contributed by atoms with E-state index in [4.69, 9.17) is 13.1 Å². The van der Waals surface area contributed by atoms with Crippen LogP contribution in [0.2, 0.25) is 0 Å². The topological polar surface area (TPSA) is 98.6 Å². The Bertz CT molecular complexity index is 2970. The molecule has 0 spiro atoms. The maximum Gasteiger partial charge on any atom is 0.268 e. The molecule has 0 atom stereocenters. The zero-order valence-corrected chi connectivity index (χ0v) is 29.4. The fraction of sp³-hybridized carbons (Fsp3) is 0. The van der Waals surface area contributed by atoms with Gasteiger partial charge in [0.1, 0.15) is 0 Å². The Morgan fingerprint density at radius 1 is 0.500 bits per heavy atom. The molecule has 2 heterocycles. The van der Waals surface area contributed by atoms with Gasteiger partial charge in [-0.15, -0.1) is 0 Å². The molecule has 1 aliphatic heterocycles. The molecule has 8 nitrogen and oxygen atoms in total. The Labute approximate surface area is 321 Å². The van der Waals surface area contributed by atoms with Gasteiger partial charge in [0.2, 0.25) is 0 Å². The maximum absolute atomic E-state index is 14.6. The molecule has 8 aromatic rings. The summed E-state index contributed by atoms with van der Waals surface area (Å²) in [5, 5.41) is 21.2. The summed E-state index contributed by atoms with van der Waals surface area (Å²) in [5.74, 6) is -0.886. The van der Waals surface area contributed by atoms with E-state index >= 15 is 0 Å². The van der Waals surface area contributed by atoms with E-state index in [0.717, 1.165) is 44.1 Å². The van der Waals surface area contributed by atoms with Gasteiger partial charge in [0.25, 0.3) is 11.8 Å². The highest BCUT2D eigenvalue weighted by molar-refractivity contribution is 6.35. The van der Waals surface area contributed by atoms with Gasteiger partial charge < -0.3 is 4.57 Å². The first-order valence-electron chi connectivity index (χ1n) is 17.5. The van der Waals surface area contributed by atoms with Crippen LogP contribution in [0.1, 0.15) is 31.8 Å². The second-order valence-corrected chi connectivity index (χ2v) is 13.3. The van der Waals surface area contributed by atoms with Gasteiger partial charge in [0, 0.05) is 10.8 Å². The van der Waals surface area contributed by atoms with Crippen molar-refractivity contribution in [2.75, 3.05) is 4.90 Å². The summed E-state index contributed by atoms with van der Waals surface area (Å²) in [6.45, 7) is 15.2. The van der Waals surface area contributed by atoms with E-state index in [1.54, 1.807) is 60.7 Å². The third kappa shape index (κ3) is 5.36. The summed E-state index contributed by atoms with van der Waals surface area (Å²) < 4.78 is 1.97. The minimum atomic E-state index is -0.456. The predicted molar refractivity (Wildman–Crippen MR) is 217 cm³/mol. The highest BCUT2D eigenvalue weighted by Gasteiger charge is 2.39. The van der Waals surface area contributed by atoms with Gasteiger partial charge in [0.05, 0.1) is 69.9 Å². The molecule has 0 bridgehead atoms. The lowest BCUT2D eigenvalue weighted by Crippen LogP contribution is -2.29. The first-order valence-corrected chi connectivity index (χ1v) is 17.5. The minimum Gasteiger partial charge on any atom is -0.308 e. The van der Waals surface area contributed by atoms with Crippen molar-refractivity contribution in [1.29, 1.82) is 10.5 Å².